The molecule has 0 unspecified atom stereocenters. The van der Waals surface area contributed by atoms with Gasteiger partial charge in [-0.3, -0.25) is 0 Å². The molecule has 0 aliphatic carbocycles. The summed E-state index contributed by atoms with van der Waals surface area (Å²) in [4.78, 5) is 10.1. The molecular weight excluding hydrogens is 176 g/mol. The van der Waals surface area contributed by atoms with E-state index < -0.39 is 14.6 Å². The second kappa shape index (κ2) is 3.39. The van der Waals surface area contributed by atoms with Crippen LogP contribution in [0.15, 0.2) is 11.5 Å². The van der Waals surface area contributed by atoms with Crippen LogP contribution in [0.25, 0.3) is 0 Å². The minimum atomic E-state index is -3.36. The molecular formula is C8H14O3S. The van der Waals surface area contributed by atoms with Gasteiger partial charge in [0.25, 0.3) is 0 Å². The molecule has 0 aromatic heterocycles. The number of hydrogen-bond acceptors (Lipinski definition) is 3. The van der Waals surface area contributed by atoms with E-state index in [2.05, 4.69) is 6.58 Å². The first-order chi connectivity index (χ1) is 5.23. The van der Waals surface area contributed by atoms with Gasteiger partial charge < -0.3 is 4.79 Å². The minimum Gasteiger partial charge on any atom is -0.303 e. The number of carbonyl (C=O) groups excluding carboxylic acids is 1. The van der Waals surface area contributed by atoms with Crippen molar-refractivity contribution in [2.24, 2.45) is 0 Å². The van der Waals surface area contributed by atoms with Crippen LogP contribution in [0, 0.1) is 0 Å². The Bertz CT molecular complexity index is 280. The second-order valence-electron chi connectivity index (χ2n) is 3.53. The zero-order valence-electron chi connectivity index (χ0n) is 7.62. The Labute approximate surface area is 73.4 Å². The Hall–Kier alpha value is -0.640. The molecule has 0 heterocycles. The molecule has 0 N–H and O–H groups in total. The zero-order chi connectivity index (χ0) is 9.99. The van der Waals surface area contributed by atoms with Crippen LogP contribution in [0.2, 0.25) is 0 Å². The highest BCUT2D eigenvalue weighted by Crippen LogP contribution is 2.23. The zero-order valence-corrected chi connectivity index (χ0v) is 8.44. The van der Waals surface area contributed by atoms with Gasteiger partial charge in [-0.05, 0) is 20.8 Å². The topological polar surface area (TPSA) is 51.2 Å². The molecule has 0 spiro atoms. The van der Waals surface area contributed by atoms with E-state index in [1.807, 2.05) is 0 Å². The summed E-state index contributed by atoms with van der Waals surface area (Å²) in [6, 6.07) is 0. The molecule has 0 aromatic carbocycles. The largest absolute Gasteiger partial charge is 0.303 e. The van der Waals surface area contributed by atoms with Crippen LogP contribution >= 0.6 is 0 Å². The molecule has 0 radical (unpaired) electrons. The molecule has 4 heteroatoms. The Kier molecular flexibility index (Phi) is 3.21. The standard InChI is InChI=1S/C8H14O3S/c1-7(5-6-9)12(10,11)8(2,3)4/h6H,1,5H2,2-4H3. The Morgan fingerprint density at radius 3 is 2.08 bits per heavy atom. The van der Waals surface area contributed by atoms with Crippen LogP contribution in [-0.2, 0) is 14.6 Å². The Balaban J connectivity index is 4.89. The van der Waals surface area contributed by atoms with Gasteiger partial charge in [0.05, 0.1) is 4.75 Å². The third-order valence-corrected chi connectivity index (χ3v) is 4.04. The van der Waals surface area contributed by atoms with Crippen molar-refractivity contribution in [3.8, 4) is 0 Å². The van der Waals surface area contributed by atoms with Gasteiger partial charge in [0.2, 0.25) is 0 Å². The molecule has 0 atom stereocenters. The second-order valence-corrected chi connectivity index (χ2v) is 6.33. The predicted octanol–water partition coefficient (Wildman–Crippen LogP) is 1.30. The smallest absolute Gasteiger partial charge is 0.179 e. The van der Waals surface area contributed by atoms with Gasteiger partial charge in [-0.1, -0.05) is 6.58 Å². The highest BCUT2D eigenvalue weighted by Gasteiger charge is 2.31. The Morgan fingerprint density at radius 2 is 1.83 bits per heavy atom. The van der Waals surface area contributed by atoms with Crippen molar-refractivity contribution >= 4 is 16.1 Å². The lowest BCUT2D eigenvalue weighted by Crippen LogP contribution is -2.28. The first kappa shape index (κ1) is 11.4. The number of carbonyl (C=O) groups is 1. The van der Waals surface area contributed by atoms with Gasteiger partial charge in [0.1, 0.15) is 6.29 Å². The summed E-state index contributed by atoms with van der Waals surface area (Å²) >= 11 is 0. The first-order valence-corrected chi connectivity index (χ1v) is 5.08. The molecule has 0 amide bonds. The number of allylic oxidation sites excluding steroid dienone is 1. The molecule has 12 heavy (non-hydrogen) atoms. The summed E-state index contributed by atoms with van der Waals surface area (Å²) < 4.78 is 22.1. The van der Waals surface area contributed by atoms with Crippen molar-refractivity contribution in [1.82, 2.24) is 0 Å². The normalized spacial score (nSPS) is 12.6. The quantitative estimate of drug-likeness (QED) is 0.630. The van der Waals surface area contributed by atoms with Crippen LogP contribution in [-0.4, -0.2) is 19.5 Å². The molecule has 0 aliphatic rings. The maximum atomic E-state index is 11.5. The third-order valence-electron chi connectivity index (χ3n) is 1.50. The van der Waals surface area contributed by atoms with E-state index in [-0.39, 0.29) is 11.3 Å². The monoisotopic (exact) mass is 190 g/mol. The summed E-state index contributed by atoms with van der Waals surface area (Å²) in [6.45, 7) is 8.11. The minimum absolute atomic E-state index is 0.00926. The number of sulfone groups is 1. The van der Waals surface area contributed by atoms with Crippen LogP contribution in [0.5, 0.6) is 0 Å². The molecule has 0 fully saturated rings. The molecule has 3 nitrogen and oxygen atoms in total. The van der Waals surface area contributed by atoms with Crippen LogP contribution in [0.3, 0.4) is 0 Å². The van der Waals surface area contributed by atoms with Gasteiger partial charge in [-0.15, -0.1) is 0 Å². The van der Waals surface area contributed by atoms with Crippen molar-refractivity contribution < 1.29 is 13.2 Å². The molecule has 0 rings (SSSR count). The maximum Gasteiger partial charge on any atom is 0.179 e. The van der Waals surface area contributed by atoms with E-state index in [1.54, 1.807) is 20.8 Å². The summed E-state index contributed by atoms with van der Waals surface area (Å²) in [5, 5.41) is 0. The van der Waals surface area contributed by atoms with Crippen LogP contribution in [0.4, 0.5) is 0 Å². The maximum absolute atomic E-state index is 11.5. The predicted molar refractivity (Wildman–Crippen MR) is 48.5 cm³/mol. The van der Waals surface area contributed by atoms with Gasteiger partial charge in [0, 0.05) is 11.3 Å². The molecule has 0 saturated heterocycles. The lowest BCUT2D eigenvalue weighted by Gasteiger charge is -2.19. The van der Waals surface area contributed by atoms with Crippen molar-refractivity contribution in [2.75, 3.05) is 0 Å². The van der Waals surface area contributed by atoms with Crippen LogP contribution < -0.4 is 0 Å². The first-order valence-electron chi connectivity index (χ1n) is 3.59. The molecule has 0 saturated carbocycles. The van der Waals surface area contributed by atoms with Crippen molar-refractivity contribution in [3.63, 3.8) is 0 Å². The summed E-state index contributed by atoms with van der Waals surface area (Å²) in [6.07, 6.45) is 0.436. The van der Waals surface area contributed by atoms with Crippen molar-refractivity contribution in [1.29, 1.82) is 0 Å². The van der Waals surface area contributed by atoms with Gasteiger partial charge in [0.15, 0.2) is 9.84 Å². The summed E-state index contributed by atoms with van der Waals surface area (Å²) in [5.41, 5.74) is 0. The lowest BCUT2D eigenvalue weighted by atomic mass is 10.3. The SMILES string of the molecule is C=C(CC=O)S(=O)(=O)C(C)(C)C. The van der Waals surface area contributed by atoms with E-state index in [9.17, 15) is 13.2 Å². The molecule has 0 bridgehead atoms. The van der Waals surface area contributed by atoms with Crippen molar-refractivity contribution in [3.05, 3.63) is 11.5 Å². The van der Waals surface area contributed by atoms with E-state index in [0.29, 0.717) is 6.29 Å². The third kappa shape index (κ3) is 2.17. The number of hydrogen-bond donors (Lipinski definition) is 0. The summed E-state index contributed by atoms with van der Waals surface area (Å²) in [5.74, 6) is 0. The van der Waals surface area contributed by atoms with E-state index >= 15 is 0 Å². The fraction of sp³-hybridized carbons (Fsp3) is 0.625. The highest BCUT2D eigenvalue weighted by molar-refractivity contribution is 7.96. The van der Waals surface area contributed by atoms with E-state index in [1.165, 1.54) is 0 Å². The fourth-order valence-corrected chi connectivity index (χ4v) is 1.79. The van der Waals surface area contributed by atoms with Crippen LogP contribution in [0.1, 0.15) is 27.2 Å². The Morgan fingerprint density at radius 1 is 1.42 bits per heavy atom. The average Bonchev–Trinajstić information content (AvgIpc) is 1.85. The van der Waals surface area contributed by atoms with Gasteiger partial charge in [-0.2, -0.15) is 0 Å². The molecule has 0 aliphatic heterocycles. The highest BCUT2D eigenvalue weighted by atomic mass is 32.2. The molecule has 0 aromatic rings. The lowest BCUT2D eigenvalue weighted by molar-refractivity contribution is -0.107. The van der Waals surface area contributed by atoms with Gasteiger partial charge in [-0.25, -0.2) is 8.42 Å². The van der Waals surface area contributed by atoms with Gasteiger partial charge >= 0.3 is 0 Å². The van der Waals surface area contributed by atoms with E-state index in [4.69, 9.17) is 0 Å². The fourth-order valence-electron chi connectivity index (χ4n) is 0.636. The number of rotatable bonds is 3. The summed E-state index contributed by atoms with van der Waals surface area (Å²) in [7, 11) is -3.36. The average molecular weight is 190 g/mol. The number of aldehydes is 1. The van der Waals surface area contributed by atoms with E-state index in [0.717, 1.165) is 0 Å². The molecule has 70 valence electrons. The van der Waals surface area contributed by atoms with Crippen molar-refractivity contribution in [2.45, 2.75) is 31.9 Å².